The summed E-state index contributed by atoms with van der Waals surface area (Å²) in [7, 11) is 0. The first kappa shape index (κ1) is 12.3. The van der Waals surface area contributed by atoms with E-state index in [9.17, 15) is 4.79 Å². The lowest BCUT2D eigenvalue weighted by Crippen LogP contribution is -2.37. The fraction of sp³-hybridized carbons (Fsp3) is 0.400. The number of fused-ring (bicyclic) bond motifs is 2. The van der Waals surface area contributed by atoms with Gasteiger partial charge in [0.1, 0.15) is 0 Å². The predicted molar refractivity (Wildman–Crippen MR) is 79.1 cm³/mol. The zero-order chi connectivity index (χ0) is 13.7. The molecule has 4 nitrogen and oxygen atoms in total. The van der Waals surface area contributed by atoms with Crippen LogP contribution in [0.3, 0.4) is 0 Å². The van der Waals surface area contributed by atoms with Crippen molar-refractivity contribution in [3.05, 3.63) is 34.1 Å². The van der Waals surface area contributed by atoms with Crippen LogP contribution >= 0.6 is 15.9 Å². The van der Waals surface area contributed by atoms with E-state index in [1.807, 2.05) is 11.0 Å². The first-order valence-corrected chi connectivity index (χ1v) is 7.73. The molecule has 102 valence electrons. The normalized spacial score (nSPS) is 18.1. The molecule has 2 aromatic rings. The first-order valence-electron chi connectivity index (χ1n) is 6.93. The minimum Gasteiger partial charge on any atom is -0.338 e. The maximum Gasteiger partial charge on any atom is 0.225 e. The lowest BCUT2D eigenvalue weighted by molar-refractivity contribution is -0.133. The monoisotopic (exact) mass is 331 g/mol. The summed E-state index contributed by atoms with van der Waals surface area (Å²) < 4.78 is 0.952. The summed E-state index contributed by atoms with van der Waals surface area (Å²) in [6.07, 6.45) is 4.74. The van der Waals surface area contributed by atoms with Gasteiger partial charge in [0.25, 0.3) is 0 Å². The van der Waals surface area contributed by atoms with Gasteiger partial charge in [-0.3, -0.25) is 4.79 Å². The first-order chi connectivity index (χ1) is 9.70. The minimum absolute atomic E-state index is 0.292. The molecule has 0 saturated heterocycles. The highest BCUT2D eigenvalue weighted by Gasteiger charge is 2.34. The van der Waals surface area contributed by atoms with Crippen molar-refractivity contribution in [3.8, 4) is 0 Å². The average Bonchev–Trinajstić information content (AvgIpc) is 3.28. The van der Waals surface area contributed by atoms with Crippen LogP contribution in [0, 0.1) is 5.92 Å². The Bertz CT molecular complexity index is 712. The molecule has 4 rings (SSSR count). The quantitative estimate of drug-likeness (QED) is 0.807. The minimum atomic E-state index is 0.292. The zero-order valence-corrected chi connectivity index (χ0v) is 12.6. The molecule has 0 N–H and O–H groups in total. The second kappa shape index (κ2) is 4.52. The Hall–Kier alpha value is -1.49. The molecule has 1 saturated carbocycles. The third-order valence-electron chi connectivity index (χ3n) is 4.02. The number of nitrogens with zero attached hydrogens (tertiary/aromatic N) is 3. The predicted octanol–water partition coefficient (Wildman–Crippen LogP) is 2.69. The van der Waals surface area contributed by atoms with E-state index in [0.717, 1.165) is 52.6 Å². The third kappa shape index (κ3) is 2.10. The van der Waals surface area contributed by atoms with Crippen LogP contribution in [0.5, 0.6) is 0 Å². The van der Waals surface area contributed by atoms with Crippen molar-refractivity contribution < 1.29 is 4.79 Å². The van der Waals surface area contributed by atoms with Crippen LogP contribution in [0.15, 0.2) is 22.8 Å². The molecule has 2 aromatic heterocycles. The van der Waals surface area contributed by atoms with Crippen molar-refractivity contribution in [1.82, 2.24) is 14.9 Å². The molecule has 20 heavy (non-hydrogen) atoms. The SMILES string of the molecule is O=C(C1CC1)N1CCc2nc3ncc(Br)cc3cc2C1. The Labute approximate surface area is 125 Å². The summed E-state index contributed by atoms with van der Waals surface area (Å²) in [6, 6.07) is 4.15. The smallest absolute Gasteiger partial charge is 0.225 e. The van der Waals surface area contributed by atoms with Crippen LogP contribution in [-0.4, -0.2) is 27.3 Å². The molecule has 0 atom stereocenters. The van der Waals surface area contributed by atoms with Crippen LogP contribution in [-0.2, 0) is 17.8 Å². The lowest BCUT2D eigenvalue weighted by Gasteiger charge is -2.28. The fourth-order valence-corrected chi connectivity index (χ4v) is 3.12. The molecular formula is C15H14BrN3O. The van der Waals surface area contributed by atoms with Crippen LogP contribution in [0.2, 0.25) is 0 Å². The van der Waals surface area contributed by atoms with Crippen molar-refractivity contribution in [2.45, 2.75) is 25.8 Å². The van der Waals surface area contributed by atoms with Crippen molar-refractivity contribution in [2.75, 3.05) is 6.54 Å². The van der Waals surface area contributed by atoms with Crippen LogP contribution in [0.25, 0.3) is 11.0 Å². The number of hydrogen-bond donors (Lipinski definition) is 0. The van der Waals surface area contributed by atoms with Crippen LogP contribution in [0.1, 0.15) is 24.1 Å². The number of carbonyl (C=O) groups excluding carboxylic acids is 1. The maximum atomic E-state index is 12.2. The second-order valence-corrected chi connectivity index (χ2v) is 6.49. The number of rotatable bonds is 1. The topological polar surface area (TPSA) is 46.1 Å². The highest BCUT2D eigenvalue weighted by Crippen LogP contribution is 2.33. The third-order valence-corrected chi connectivity index (χ3v) is 4.45. The van der Waals surface area contributed by atoms with Crippen LogP contribution in [0.4, 0.5) is 0 Å². The Morgan fingerprint density at radius 3 is 3.00 bits per heavy atom. The van der Waals surface area contributed by atoms with Crippen molar-refractivity contribution in [1.29, 1.82) is 0 Å². The van der Waals surface area contributed by atoms with E-state index >= 15 is 0 Å². The Morgan fingerprint density at radius 2 is 2.20 bits per heavy atom. The summed E-state index contributed by atoms with van der Waals surface area (Å²) in [5.41, 5.74) is 3.04. The van der Waals surface area contributed by atoms with E-state index in [2.05, 4.69) is 32.0 Å². The van der Waals surface area contributed by atoms with Crippen molar-refractivity contribution in [3.63, 3.8) is 0 Å². The average molecular weight is 332 g/mol. The Morgan fingerprint density at radius 1 is 1.35 bits per heavy atom. The van der Waals surface area contributed by atoms with Gasteiger partial charge in [-0.25, -0.2) is 9.97 Å². The number of aromatic nitrogens is 2. The van der Waals surface area contributed by atoms with Gasteiger partial charge >= 0.3 is 0 Å². The largest absolute Gasteiger partial charge is 0.338 e. The molecule has 0 spiro atoms. The molecule has 1 aliphatic carbocycles. The van der Waals surface area contributed by atoms with Gasteiger partial charge in [0.05, 0.1) is 0 Å². The molecule has 1 fully saturated rings. The highest BCUT2D eigenvalue weighted by molar-refractivity contribution is 9.10. The second-order valence-electron chi connectivity index (χ2n) is 5.58. The van der Waals surface area contributed by atoms with Gasteiger partial charge in [0.2, 0.25) is 5.91 Å². The summed E-state index contributed by atoms with van der Waals surface area (Å²) in [4.78, 5) is 23.1. The van der Waals surface area contributed by atoms with Gasteiger partial charge < -0.3 is 4.90 Å². The van der Waals surface area contributed by atoms with E-state index in [1.165, 1.54) is 0 Å². The Kier molecular flexibility index (Phi) is 2.77. The molecule has 0 bridgehead atoms. The Balaban J connectivity index is 1.70. The number of pyridine rings is 2. The molecule has 0 unspecified atom stereocenters. The van der Waals surface area contributed by atoms with Gasteiger partial charge in [-0.15, -0.1) is 0 Å². The summed E-state index contributed by atoms with van der Waals surface area (Å²) in [5.74, 6) is 0.615. The molecule has 5 heteroatoms. The van der Waals surface area contributed by atoms with Crippen molar-refractivity contribution in [2.24, 2.45) is 5.92 Å². The van der Waals surface area contributed by atoms with Gasteiger partial charge in [0, 0.05) is 47.2 Å². The molecule has 1 aliphatic heterocycles. The van der Waals surface area contributed by atoms with E-state index in [1.54, 1.807) is 6.20 Å². The molecule has 3 heterocycles. The number of amides is 1. The van der Waals surface area contributed by atoms with Gasteiger partial charge in [-0.1, -0.05) is 0 Å². The van der Waals surface area contributed by atoms with Gasteiger partial charge in [0.15, 0.2) is 5.65 Å². The zero-order valence-electron chi connectivity index (χ0n) is 11.0. The summed E-state index contributed by atoms with van der Waals surface area (Å²) in [5, 5.41) is 1.03. The molecule has 0 radical (unpaired) electrons. The van der Waals surface area contributed by atoms with Crippen molar-refractivity contribution >= 4 is 32.9 Å². The standard InChI is InChI=1S/C15H14BrN3O/c16-12-6-10-5-11-8-19(15(20)9-1-2-9)4-3-13(11)18-14(10)17-7-12/h5-7,9H,1-4,8H2. The van der Waals surface area contributed by atoms with E-state index in [0.29, 0.717) is 18.4 Å². The van der Waals surface area contributed by atoms with E-state index < -0.39 is 0 Å². The lowest BCUT2D eigenvalue weighted by atomic mass is 10.0. The fourth-order valence-electron chi connectivity index (χ4n) is 2.77. The van der Waals surface area contributed by atoms with Crippen LogP contribution < -0.4 is 0 Å². The molecule has 0 aromatic carbocycles. The maximum absolute atomic E-state index is 12.2. The van der Waals surface area contributed by atoms with Gasteiger partial charge in [-0.05, 0) is 46.5 Å². The number of hydrogen-bond acceptors (Lipinski definition) is 3. The van der Waals surface area contributed by atoms with E-state index in [4.69, 9.17) is 0 Å². The molecular weight excluding hydrogens is 318 g/mol. The highest BCUT2D eigenvalue weighted by atomic mass is 79.9. The van der Waals surface area contributed by atoms with Gasteiger partial charge in [-0.2, -0.15) is 0 Å². The molecule has 1 amide bonds. The molecule has 2 aliphatic rings. The summed E-state index contributed by atoms with van der Waals surface area (Å²) in [6.45, 7) is 1.48. The number of halogens is 1. The number of carbonyl (C=O) groups is 1. The summed E-state index contributed by atoms with van der Waals surface area (Å²) >= 11 is 3.44. The van der Waals surface area contributed by atoms with E-state index in [-0.39, 0.29) is 0 Å².